The van der Waals surface area contributed by atoms with Crippen LogP contribution in [0.3, 0.4) is 0 Å². The Bertz CT molecular complexity index is 790. The Morgan fingerprint density at radius 2 is 2.12 bits per heavy atom. The Balaban J connectivity index is 1.75. The molecule has 0 aliphatic carbocycles. The fourth-order valence-electron chi connectivity index (χ4n) is 2.86. The van der Waals surface area contributed by atoms with E-state index < -0.39 is 23.7 Å². The molecular formula is C17H16ClF3N2OS. The molecule has 1 aromatic heterocycles. The number of nitrogens with one attached hydrogen (secondary N) is 1. The van der Waals surface area contributed by atoms with E-state index in [-0.39, 0.29) is 10.7 Å². The molecule has 1 aliphatic heterocycles. The first-order valence-corrected chi connectivity index (χ1v) is 8.98. The van der Waals surface area contributed by atoms with Crippen LogP contribution in [-0.2, 0) is 23.9 Å². The quantitative estimate of drug-likeness (QED) is 0.818. The van der Waals surface area contributed by atoms with Gasteiger partial charge in [-0.15, -0.1) is 11.3 Å². The van der Waals surface area contributed by atoms with Crippen molar-refractivity contribution >= 4 is 34.5 Å². The lowest BCUT2D eigenvalue weighted by Gasteiger charge is -2.31. The minimum atomic E-state index is -4.59. The molecule has 2 aromatic rings. The molecule has 3 rings (SSSR count). The maximum atomic E-state index is 13.1. The number of halogens is 4. The SMILES string of the molecule is CC(C(=O)Nc1ccc(Cl)cc1C(F)(F)F)N1CCc2sccc2C1. The van der Waals surface area contributed by atoms with Gasteiger partial charge in [-0.2, -0.15) is 13.2 Å². The topological polar surface area (TPSA) is 32.3 Å². The summed E-state index contributed by atoms with van der Waals surface area (Å²) in [7, 11) is 0. The fourth-order valence-corrected chi connectivity index (χ4v) is 3.93. The second-order valence-corrected chi connectivity index (χ2v) is 7.38. The molecule has 1 aliphatic rings. The van der Waals surface area contributed by atoms with Gasteiger partial charge in [0.15, 0.2) is 0 Å². The molecule has 0 saturated heterocycles. The number of amides is 1. The summed E-state index contributed by atoms with van der Waals surface area (Å²) in [5.41, 5.74) is -0.0420. The summed E-state index contributed by atoms with van der Waals surface area (Å²) in [6.07, 6.45) is -3.74. The average molecular weight is 389 g/mol. The molecule has 0 spiro atoms. The summed E-state index contributed by atoms with van der Waals surface area (Å²) < 4.78 is 39.4. The van der Waals surface area contributed by atoms with Crippen LogP contribution >= 0.6 is 22.9 Å². The van der Waals surface area contributed by atoms with Gasteiger partial charge < -0.3 is 5.32 Å². The molecule has 1 N–H and O–H groups in total. The summed E-state index contributed by atoms with van der Waals surface area (Å²) >= 11 is 7.35. The highest BCUT2D eigenvalue weighted by Crippen LogP contribution is 2.36. The van der Waals surface area contributed by atoms with Gasteiger partial charge in [-0.3, -0.25) is 9.69 Å². The highest BCUT2D eigenvalue weighted by molar-refractivity contribution is 7.10. The van der Waals surface area contributed by atoms with Crippen LogP contribution in [0.15, 0.2) is 29.6 Å². The summed E-state index contributed by atoms with van der Waals surface area (Å²) in [6, 6.07) is 4.82. The van der Waals surface area contributed by atoms with Crippen molar-refractivity contribution in [2.24, 2.45) is 0 Å². The molecule has 1 amide bonds. The molecule has 0 fully saturated rings. The number of hydrogen-bond donors (Lipinski definition) is 1. The molecule has 1 atom stereocenters. The zero-order valence-electron chi connectivity index (χ0n) is 13.4. The van der Waals surface area contributed by atoms with Crippen LogP contribution in [-0.4, -0.2) is 23.4 Å². The van der Waals surface area contributed by atoms with Crippen molar-refractivity contribution in [2.45, 2.75) is 32.1 Å². The van der Waals surface area contributed by atoms with Crippen LogP contribution in [0.2, 0.25) is 5.02 Å². The van der Waals surface area contributed by atoms with E-state index >= 15 is 0 Å². The van der Waals surface area contributed by atoms with Crippen molar-refractivity contribution in [2.75, 3.05) is 11.9 Å². The van der Waals surface area contributed by atoms with Crippen molar-refractivity contribution in [3.8, 4) is 0 Å². The monoisotopic (exact) mass is 388 g/mol. The number of nitrogens with zero attached hydrogens (tertiary/aromatic N) is 1. The van der Waals surface area contributed by atoms with E-state index in [1.165, 1.54) is 22.6 Å². The summed E-state index contributed by atoms with van der Waals surface area (Å²) in [5, 5.41) is 4.39. The predicted molar refractivity (Wildman–Crippen MR) is 93.0 cm³/mol. The minimum absolute atomic E-state index is 0.0283. The second kappa shape index (κ2) is 6.97. The molecule has 0 saturated carbocycles. The van der Waals surface area contributed by atoms with E-state index in [1.54, 1.807) is 18.3 Å². The van der Waals surface area contributed by atoms with Crippen molar-refractivity contribution in [3.05, 3.63) is 50.7 Å². The van der Waals surface area contributed by atoms with Gasteiger partial charge in [0.2, 0.25) is 5.91 Å². The molecule has 134 valence electrons. The Morgan fingerprint density at radius 3 is 2.84 bits per heavy atom. The molecule has 8 heteroatoms. The third-order valence-corrected chi connectivity index (χ3v) is 5.57. The first-order valence-electron chi connectivity index (χ1n) is 7.72. The van der Waals surface area contributed by atoms with Crippen LogP contribution in [0.1, 0.15) is 22.9 Å². The van der Waals surface area contributed by atoms with E-state index in [1.807, 2.05) is 16.3 Å². The zero-order valence-corrected chi connectivity index (χ0v) is 14.9. The number of anilines is 1. The number of fused-ring (bicyclic) bond motifs is 1. The number of carbonyl (C=O) groups is 1. The molecular weight excluding hydrogens is 373 g/mol. The first-order chi connectivity index (χ1) is 11.8. The molecule has 3 nitrogen and oxygen atoms in total. The van der Waals surface area contributed by atoms with Crippen LogP contribution in [0.5, 0.6) is 0 Å². The second-order valence-electron chi connectivity index (χ2n) is 5.94. The van der Waals surface area contributed by atoms with Crippen LogP contribution < -0.4 is 5.32 Å². The highest BCUT2D eigenvalue weighted by Gasteiger charge is 2.35. The van der Waals surface area contributed by atoms with Gasteiger partial charge in [-0.25, -0.2) is 0 Å². The molecule has 0 bridgehead atoms. The molecule has 25 heavy (non-hydrogen) atoms. The lowest BCUT2D eigenvalue weighted by Crippen LogP contribution is -2.44. The number of rotatable bonds is 3. The van der Waals surface area contributed by atoms with Gasteiger partial charge in [0, 0.05) is 23.0 Å². The Kier molecular flexibility index (Phi) is 5.09. The van der Waals surface area contributed by atoms with Gasteiger partial charge in [0.1, 0.15) is 0 Å². The molecule has 2 heterocycles. The summed E-state index contributed by atoms with van der Waals surface area (Å²) in [5.74, 6) is -0.466. The average Bonchev–Trinajstić information content (AvgIpc) is 3.02. The molecule has 1 unspecified atom stereocenters. The van der Waals surface area contributed by atoms with E-state index in [4.69, 9.17) is 11.6 Å². The van der Waals surface area contributed by atoms with Crippen molar-refractivity contribution in [1.29, 1.82) is 0 Å². The van der Waals surface area contributed by atoms with Gasteiger partial charge in [0.25, 0.3) is 0 Å². The molecule has 0 radical (unpaired) electrons. The number of alkyl halides is 3. The lowest BCUT2D eigenvalue weighted by atomic mass is 10.1. The number of benzene rings is 1. The van der Waals surface area contributed by atoms with E-state index in [2.05, 4.69) is 5.32 Å². The molecule has 1 aromatic carbocycles. The normalized spacial score (nSPS) is 16.4. The minimum Gasteiger partial charge on any atom is -0.324 e. The van der Waals surface area contributed by atoms with E-state index in [0.29, 0.717) is 13.1 Å². The third kappa shape index (κ3) is 3.99. The number of thiophene rings is 1. The smallest absolute Gasteiger partial charge is 0.324 e. The van der Waals surface area contributed by atoms with Crippen molar-refractivity contribution in [3.63, 3.8) is 0 Å². The maximum Gasteiger partial charge on any atom is 0.418 e. The third-order valence-electron chi connectivity index (χ3n) is 4.31. The Morgan fingerprint density at radius 1 is 1.36 bits per heavy atom. The maximum absolute atomic E-state index is 13.1. The van der Waals surface area contributed by atoms with Crippen LogP contribution in [0.25, 0.3) is 0 Å². The highest BCUT2D eigenvalue weighted by atomic mass is 35.5. The zero-order chi connectivity index (χ0) is 18.2. The van der Waals surface area contributed by atoms with E-state index in [0.717, 1.165) is 12.5 Å². The first kappa shape index (κ1) is 18.2. The van der Waals surface area contributed by atoms with Crippen molar-refractivity contribution in [1.82, 2.24) is 4.90 Å². The standard InChI is InChI=1S/C17H16ClF3N2OS/c1-10(23-6-4-15-11(9-23)5-7-25-15)16(24)22-14-3-2-12(18)8-13(14)17(19,20)21/h2-3,5,7-8,10H,4,6,9H2,1H3,(H,22,24). The fraction of sp³-hybridized carbons (Fsp3) is 0.353. The number of carbonyl (C=O) groups excluding carboxylic acids is 1. The van der Waals surface area contributed by atoms with Gasteiger partial charge in [0.05, 0.1) is 17.3 Å². The summed E-state index contributed by atoms with van der Waals surface area (Å²) in [4.78, 5) is 15.7. The van der Waals surface area contributed by atoms with Gasteiger partial charge >= 0.3 is 6.18 Å². The predicted octanol–water partition coefficient (Wildman–Crippen LogP) is 4.81. The van der Waals surface area contributed by atoms with Gasteiger partial charge in [-0.05, 0) is 48.6 Å². The van der Waals surface area contributed by atoms with Gasteiger partial charge in [-0.1, -0.05) is 11.6 Å². The number of hydrogen-bond acceptors (Lipinski definition) is 3. The van der Waals surface area contributed by atoms with Crippen molar-refractivity contribution < 1.29 is 18.0 Å². The van der Waals surface area contributed by atoms with Crippen LogP contribution in [0.4, 0.5) is 18.9 Å². The Labute approximate surface area is 152 Å². The summed E-state index contributed by atoms with van der Waals surface area (Å²) in [6.45, 7) is 3.03. The Hall–Kier alpha value is -1.57. The lowest BCUT2D eigenvalue weighted by molar-refractivity contribution is -0.137. The largest absolute Gasteiger partial charge is 0.418 e. The van der Waals surface area contributed by atoms with E-state index in [9.17, 15) is 18.0 Å². The van der Waals surface area contributed by atoms with Crippen LogP contribution in [0, 0.1) is 0 Å².